The van der Waals surface area contributed by atoms with E-state index >= 15 is 0 Å². The molecule has 1 saturated carbocycles. The van der Waals surface area contributed by atoms with Crippen molar-refractivity contribution in [3.63, 3.8) is 0 Å². The van der Waals surface area contributed by atoms with Crippen molar-refractivity contribution in [3.05, 3.63) is 11.6 Å². The molecule has 0 aromatic carbocycles. The van der Waals surface area contributed by atoms with Crippen LogP contribution in [0.4, 0.5) is 0 Å². The largest absolute Gasteiger partial charge is 0.481 e. The number of rotatable bonds is 3. The van der Waals surface area contributed by atoms with E-state index in [-0.39, 0.29) is 6.42 Å². The van der Waals surface area contributed by atoms with E-state index in [0.29, 0.717) is 11.7 Å². The zero-order valence-electron chi connectivity index (χ0n) is 8.81. The molecule has 0 saturated heterocycles. The van der Waals surface area contributed by atoms with E-state index < -0.39 is 5.97 Å². The number of aliphatic carboxylic acids is 1. The van der Waals surface area contributed by atoms with Crippen LogP contribution >= 0.6 is 0 Å². The van der Waals surface area contributed by atoms with Crippen LogP contribution in [-0.4, -0.2) is 25.8 Å². The maximum Gasteiger partial charge on any atom is 0.311 e. The maximum absolute atomic E-state index is 10.5. The molecule has 15 heavy (non-hydrogen) atoms. The molecule has 82 valence electrons. The molecule has 5 heteroatoms. The first-order valence-electron chi connectivity index (χ1n) is 5.28. The number of hydrogen-bond acceptors (Lipinski definition) is 3. The van der Waals surface area contributed by atoms with Crippen molar-refractivity contribution < 1.29 is 9.90 Å². The van der Waals surface area contributed by atoms with E-state index in [1.165, 1.54) is 12.8 Å². The topological polar surface area (TPSA) is 68.0 Å². The predicted molar refractivity (Wildman–Crippen MR) is 53.6 cm³/mol. The van der Waals surface area contributed by atoms with Gasteiger partial charge in [-0.3, -0.25) is 9.48 Å². The van der Waals surface area contributed by atoms with Gasteiger partial charge in [0, 0.05) is 13.0 Å². The molecule has 1 heterocycles. The Morgan fingerprint density at radius 2 is 2.20 bits per heavy atom. The molecule has 0 unspecified atom stereocenters. The van der Waals surface area contributed by atoms with Crippen molar-refractivity contribution in [2.24, 2.45) is 7.05 Å². The van der Waals surface area contributed by atoms with Crippen LogP contribution in [0.3, 0.4) is 0 Å². The van der Waals surface area contributed by atoms with Crippen LogP contribution in [0.15, 0.2) is 0 Å². The molecule has 5 nitrogen and oxygen atoms in total. The molecule has 1 aliphatic rings. The SMILES string of the molecule is Cn1nc(CC(=O)O)nc1C1CCCC1. The average Bonchev–Trinajstić information content (AvgIpc) is 2.72. The van der Waals surface area contributed by atoms with Gasteiger partial charge in [-0.25, -0.2) is 4.98 Å². The van der Waals surface area contributed by atoms with E-state index in [1.807, 2.05) is 7.05 Å². The molecule has 0 amide bonds. The zero-order valence-corrected chi connectivity index (χ0v) is 8.81. The molecular formula is C10H15N3O2. The summed E-state index contributed by atoms with van der Waals surface area (Å²) in [4.78, 5) is 14.8. The summed E-state index contributed by atoms with van der Waals surface area (Å²) in [7, 11) is 1.84. The van der Waals surface area contributed by atoms with Gasteiger partial charge in [-0.05, 0) is 12.8 Å². The maximum atomic E-state index is 10.5. The van der Waals surface area contributed by atoms with Gasteiger partial charge >= 0.3 is 5.97 Å². The van der Waals surface area contributed by atoms with Gasteiger partial charge in [-0.15, -0.1) is 0 Å². The molecule has 1 aromatic rings. The van der Waals surface area contributed by atoms with Crippen molar-refractivity contribution in [1.29, 1.82) is 0 Å². The second-order valence-corrected chi connectivity index (χ2v) is 4.06. The molecule has 0 radical (unpaired) electrons. The lowest BCUT2D eigenvalue weighted by Crippen LogP contribution is -2.03. The first-order valence-corrected chi connectivity index (χ1v) is 5.28. The summed E-state index contributed by atoms with van der Waals surface area (Å²) in [5.74, 6) is 0.972. The molecule has 1 fully saturated rings. The highest BCUT2D eigenvalue weighted by Crippen LogP contribution is 2.32. The van der Waals surface area contributed by atoms with Crippen LogP contribution in [0.2, 0.25) is 0 Å². The number of aryl methyl sites for hydroxylation is 1. The lowest BCUT2D eigenvalue weighted by Gasteiger charge is -2.05. The number of carboxylic acid groups (broad SMARTS) is 1. The van der Waals surface area contributed by atoms with E-state index in [2.05, 4.69) is 10.1 Å². The van der Waals surface area contributed by atoms with Crippen LogP contribution in [0.25, 0.3) is 0 Å². The highest BCUT2D eigenvalue weighted by Gasteiger charge is 2.22. The summed E-state index contributed by atoms with van der Waals surface area (Å²) >= 11 is 0. The minimum absolute atomic E-state index is 0.0828. The summed E-state index contributed by atoms with van der Waals surface area (Å²) in [5.41, 5.74) is 0. The second kappa shape index (κ2) is 4.00. The van der Waals surface area contributed by atoms with Gasteiger partial charge < -0.3 is 5.11 Å². The fourth-order valence-corrected chi connectivity index (χ4v) is 2.20. The first kappa shape index (κ1) is 10.1. The molecule has 2 rings (SSSR count). The van der Waals surface area contributed by atoms with Crippen molar-refractivity contribution in [2.75, 3.05) is 0 Å². The lowest BCUT2D eigenvalue weighted by molar-refractivity contribution is -0.136. The Morgan fingerprint density at radius 1 is 1.53 bits per heavy atom. The smallest absolute Gasteiger partial charge is 0.311 e. The van der Waals surface area contributed by atoms with E-state index in [9.17, 15) is 4.79 Å². The van der Waals surface area contributed by atoms with Gasteiger partial charge in [0.15, 0.2) is 5.82 Å². The fraction of sp³-hybridized carbons (Fsp3) is 0.700. The third kappa shape index (κ3) is 2.16. The van der Waals surface area contributed by atoms with E-state index in [0.717, 1.165) is 18.7 Å². The van der Waals surface area contributed by atoms with Crippen LogP contribution in [0, 0.1) is 0 Å². The summed E-state index contributed by atoms with van der Waals surface area (Å²) in [6, 6.07) is 0. The molecule has 0 spiro atoms. The predicted octanol–water partition coefficient (Wildman–Crippen LogP) is 1.10. The van der Waals surface area contributed by atoms with Crippen LogP contribution in [-0.2, 0) is 18.3 Å². The number of carbonyl (C=O) groups is 1. The van der Waals surface area contributed by atoms with Gasteiger partial charge in [0.2, 0.25) is 0 Å². The van der Waals surface area contributed by atoms with E-state index in [1.54, 1.807) is 4.68 Å². The zero-order chi connectivity index (χ0) is 10.8. The Balaban J connectivity index is 2.17. The Labute approximate surface area is 88.1 Å². The molecule has 1 aromatic heterocycles. The summed E-state index contributed by atoms with van der Waals surface area (Å²) in [5, 5.41) is 12.8. The number of hydrogen-bond donors (Lipinski definition) is 1. The molecule has 1 N–H and O–H groups in total. The molecular weight excluding hydrogens is 194 g/mol. The summed E-state index contributed by atoms with van der Waals surface area (Å²) in [6.45, 7) is 0. The van der Waals surface area contributed by atoms with Gasteiger partial charge in [-0.1, -0.05) is 12.8 Å². The lowest BCUT2D eigenvalue weighted by atomic mass is 10.1. The molecule has 0 atom stereocenters. The molecule has 0 bridgehead atoms. The van der Waals surface area contributed by atoms with Crippen molar-refractivity contribution in [3.8, 4) is 0 Å². The highest BCUT2D eigenvalue weighted by atomic mass is 16.4. The average molecular weight is 209 g/mol. The number of aromatic nitrogens is 3. The van der Waals surface area contributed by atoms with Gasteiger partial charge in [0.25, 0.3) is 0 Å². The Hall–Kier alpha value is -1.39. The number of carboxylic acids is 1. The third-order valence-corrected chi connectivity index (χ3v) is 2.87. The second-order valence-electron chi connectivity index (χ2n) is 4.06. The minimum atomic E-state index is -0.876. The monoisotopic (exact) mass is 209 g/mol. The summed E-state index contributed by atoms with van der Waals surface area (Å²) < 4.78 is 1.73. The number of nitrogens with zero attached hydrogens (tertiary/aromatic N) is 3. The standard InChI is InChI=1S/C10H15N3O2/c1-13-10(7-4-2-3-5-7)11-8(12-13)6-9(14)15/h7H,2-6H2,1H3,(H,14,15). The van der Waals surface area contributed by atoms with Gasteiger partial charge in [0.1, 0.15) is 12.2 Å². The molecule has 1 aliphatic carbocycles. The van der Waals surface area contributed by atoms with Crippen LogP contribution < -0.4 is 0 Å². The van der Waals surface area contributed by atoms with Crippen molar-refractivity contribution in [2.45, 2.75) is 38.0 Å². The van der Waals surface area contributed by atoms with Crippen molar-refractivity contribution in [1.82, 2.24) is 14.8 Å². The quantitative estimate of drug-likeness (QED) is 0.809. The minimum Gasteiger partial charge on any atom is -0.481 e. The van der Waals surface area contributed by atoms with Crippen LogP contribution in [0.1, 0.15) is 43.3 Å². The third-order valence-electron chi connectivity index (χ3n) is 2.87. The Bertz CT molecular complexity index is 367. The highest BCUT2D eigenvalue weighted by molar-refractivity contribution is 5.68. The molecule has 0 aliphatic heterocycles. The normalized spacial score (nSPS) is 17.1. The van der Waals surface area contributed by atoms with Crippen molar-refractivity contribution >= 4 is 5.97 Å². The van der Waals surface area contributed by atoms with E-state index in [4.69, 9.17) is 5.11 Å². The Kier molecular flexibility index (Phi) is 2.70. The van der Waals surface area contributed by atoms with Gasteiger partial charge in [-0.2, -0.15) is 5.10 Å². The first-order chi connectivity index (χ1) is 7.16. The Morgan fingerprint density at radius 3 is 2.80 bits per heavy atom. The van der Waals surface area contributed by atoms with Gasteiger partial charge in [0.05, 0.1) is 0 Å². The summed E-state index contributed by atoms with van der Waals surface area (Å²) in [6.07, 6.45) is 4.70. The van der Waals surface area contributed by atoms with Crippen LogP contribution in [0.5, 0.6) is 0 Å². The fourth-order valence-electron chi connectivity index (χ4n) is 2.20.